The fourth-order valence-corrected chi connectivity index (χ4v) is 3.47. The van der Waals surface area contributed by atoms with Gasteiger partial charge < -0.3 is 4.74 Å². The molecule has 0 spiro atoms. The third-order valence-electron chi connectivity index (χ3n) is 2.28. The van der Waals surface area contributed by atoms with Gasteiger partial charge in [-0.05, 0) is 25.1 Å². The standard InChI is InChI=1S/C11H13Cl2O3P/c1-3-16-10(14)11(2,12)17(13,15)9-7-5-4-6-8-9/h4-8H,3H2,1-2H3. The van der Waals surface area contributed by atoms with Gasteiger partial charge in [-0.1, -0.05) is 41.9 Å². The van der Waals surface area contributed by atoms with Crippen LogP contribution in [-0.2, 0) is 14.1 Å². The van der Waals surface area contributed by atoms with Crippen molar-refractivity contribution < 1.29 is 14.1 Å². The first kappa shape index (κ1) is 14.6. The minimum atomic E-state index is -3.57. The molecule has 0 aromatic heterocycles. The van der Waals surface area contributed by atoms with E-state index in [-0.39, 0.29) is 6.61 Å². The Labute approximate surface area is 110 Å². The van der Waals surface area contributed by atoms with Crippen molar-refractivity contribution in [2.45, 2.75) is 18.5 Å². The summed E-state index contributed by atoms with van der Waals surface area (Å²) in [6.07, 6.45) is 0. The lowest BCUT2D eigenvalue weighted by Gasteiger charge is -2.25. The monoisotopic (exact) mass is 294 g/mol. The van der Waals surface area contributed by atoms with Gasteiger partial charge in [0.15, 0.2) is 0 Å². The number of hydrogen-bond acceptors (Lipinski definition) is 3. The van der Waals surface area contributed by atoms with Crippen molar-refractivity contribution >= 4 is 40.6 Å². The summed E-state index contributed by atoms with van der Waals surface area (Å²) < 4.78 is 15.5. The van der Waals surface area contributed by atoms with E-state index in [0.29, 0.717) is 5.30 Å². The van der Waals surface area contributed by atoms with Crippen molar-refractivity contribution in [1.29, 1.82) is 0 Å². The van der Waals surface area contributed by atoms with Gasteiger partial charge in [0.25, 0.3) is 0 Å². The summed E-state index contributed by atoms with van der Waals surface area (Å²) in [5.41, 5.74) is 0. The van der Waals surface area contributed by atoms with E-state index in [1.165, 1.54) is 6.92 Å². The maximum absolute atomic E-state index is 12.5. The molecule has 0 saturated carbocycles. The molecule has 0 bridgehead atoms. The summed E-state index contributed by atoms with van der Waals surface area (Å²) >= 11 is 12.0. The van der Waals surface area contributed by atoms with Crippen LogP contribution in [0.4, 0.5) is 0 Å². The van der Waals surface area contributed by atoms with Gasteiger partial charge in [0.05, 0.1) is 6.61 Å². The lowest BCUT2D eigenvalue weighted by Crippen LogP contribution is -2.32. The highest BCUT2D eigenvalue weighted by Gasteiger charge is 2.50. The zero-order valence-electron chi connectivity index (χ0n) is 9.52. The number of hydrogen-bond donors (Lipinski definition) is 0. The van der Waals surface area contributed by atoms with Crippen LogP contribution in [0.5, 0.6) is 0 Å². The normalized spacial score (nSPS) is 17.9. The minimum Gasteiger partial charge on any atom is -0.464 e. The van der Waals surface area contributed by atoms with Crippen molar-refractivity contribution in [1.82, 2.24) is 0 Å². The lowest BCUT2D eigenvalue weighted by atomic mass is 10.4. The van der Waals surface area contributed by atoms with Crippen LogP contribution in [0, 0.1) is 0 Å². The van der Waals surface area contributed by atoms with Crippen LogP contribution >= 0.6 is 29.3 Å². The molecule has 0 fully saturated rings. The Morgan fingerprint density at radius 1 is 1.41 bits per heavy atom. The Bertz CT molecular complexity index is 445. The van der Waals surface area contributed by atoms with E-state index in [1.54, 1.807) is 37.3 Å². The molecule has 0 aliphatic carbocycles. The van der Waals surface area contributed by atoms with Gasteiger partial charge in [-0.2, -0.15) is 0 Å². The summed E-state index contributed by atoms with van der Waals surface area (Å²) in [5, 5.41) is 0.340. The highest BCUT2D eigenvalue weighted by atomic mass is 35.7. The van der Waals surface area contributed by atoms with E-state index in [2.05, 4.69) is 0 Å². The largest absolute Gasteiger partial charge is 0.464 e. The summed E-state index contributed by atoms with van der Waals surface area (Å²) in [6, 6.07) is 8.28. The van der Waals surface area contributed by atoms with Gasteiger partial charge in [-0.25, -0.2) is 4.79 Å². The molecule has 3 nitrogen and oxygen atoms in total. The van der Waals surface area contributed by atoms with E-state index in [9.17, 15) is 9.36 Å². The molecular formula is C11H13Cl2O3P. The van der Waals surface area contributed by atoms with Gasteiger partial charge in [-0.15, -0.1) is 0 Å². The van der Waals surface area contributed by atoms with E-state index in [0.717, 1.165) is 0 Å². The van der Waals surface area contributed by atoms with E-state index >= 15 is 0 Å². The quantitative estimate of drug-likeness (QED) is 0.486. The topological polar surface area (TPSA) is 43.4 Å². The molecular weight excluding hydrogens is 282 g/mol. The Morgan fingerprint density at radius 3 is 2.41 bits per heavy atom. The van der Waals surface area contributed by atoms with E-state index in [4.69, 9.17) is 27.6 Å². The summed E-state index contributed by atoms with van der Waals surface area (Å²) in [7, 11) is 0. The number of benzene rings is 1. The molecule has 1 aromatic carbocycles. The molecule has 0 saturated heterocycles. The van der Waals surface area contributed by atoms with E-state index in [1.807, 2.05) is 0 Å². The van der Waals surface area contributed by atoms with Gasteiger partial charge in [-0.3, -0.25) is 4.57 Å². The average Bonchev–Trinajstić information content (AvgIpc) is 2.30. The van der Waals surface area contributed by atoms with Crippen molar-refractivity contribution in [2.75, 3.05) is 6.61 Å². The van der Waals surface area contributed by atoms with Crippen molar-refractivity contribution in [3.8, 4) is 0 Å². The molecule has 0 N–H and O–H groups in total. The molecule has 6 heteroatoms. The Morgan fingerprint density at radius 2 is 1.94 bits per heavy atom. The smallest absolute Gasteiger partial charge is 0.336 e. The van der Waals surface area contributed by atoms with Crippen LogP contribution in [0.2, 0.25) is 0 Å². The second kappa shape index (κ2) is 5.43. The second-order valence-electron chi connectivity index (χ2n) is 3.54. The van der Waals surface area contributed by atoms with Gasteiger partial charge in [0.1, 0.15) is 0 Å². The van der Waals surface area contributed by atoms with Crippen molar-refractivity contribution in [3.05, 3.63) is 30.3 Å². The predicted molar refractivity (Wildman–Crippen MR) is 70.4 cm³/mol. The fraction of sp³-hybridized carbons (Fsp3) is 0.364. The van der Waals surface area contributed by atoms with Crippen molar-refractivity contribution in [2.24, 2.45) is 0 Å². The number of esters is 1. The average molecular weight is 295 g/mol. The van der Waals surface area contributed by atoms with Crippen LogP contribution in [-0.4, -0.2) is 17.2 Å². The molecule has 0 radical (unpaired) electrons. The third-order valence-corrected chi connectivity index (χ3v) is 7.23. The molecule has 1 aromatic rings. The Kier molecular flexibility index (Phi) is 4.65. The van der Waals surface area contributed by atoms with Gasteiger partial charge >= 0.3 is 5.97 Å². The second-order valence-corrected chi connectivity index (χ2v) is 8.47. The van der Waals surface area contributed by atoms with E-state index < -0.39 is 17.1 Å². The first-order valence-corrected chi connectivity index (χ1v) is 8.04. The molecule has 1 rings (SSSR count). The fourth-order valence-electron chi connectivity index (χ4n) is 1.24. The first-order valence-electron chi connectivity index (χ1n) is 5.05. The number of ether oxygens (including phenoxy) is 1. The minimum absolute atomic E-state index is 0.160. The molecule has 2 atom stereocenters. The van der Waals surface area contributed by atoms with Crippen LogP contribution in [0.15, 0.2) is 30.3 Å². The zero-order chi connectivity index (χ0) is 13.1. The van der Waals surface area contributed by atoms with Gasteiger partial charge in [0.2, 0.25) is 11.1 Å². The Balaban J connectivity index is 3.13. The number of alkyl halides is 1. The maximum Gasteiger partial charge on any atom is 0.336 e. The number of carbonyl (C=O) groups is 1. The van der Waals surface area contributed by atoms with Crippen molar-refractivity contribution in [3.63, 3.8) is 0 Å². The van der Waals surface area contributed by atoms with Gasteiger partial charge in [0, 0.05) is 5.30 Å². The molecule has 0 aliphatic heterocycles. The molecule has 94 valence electrons. The predicted octanol–water partition coefficient (Wildman–Crippen LogP) is 3.35. The summed E-state index contributed by atoms with van der Waals surface area (Å²) in [6.45, 7) is -0.453. The third kappa shape index (κ3) is 2.85. The summed E-state index contributed by atoms with van der Waals surface area (Å²) in [5.74, 6) is -0.774. The first-order chi connectivity index (χ1) is 7.84. The SMILES string of the molecule is CCOC(=O)C(C)(Cl)P(=O)(Cl)c1ccccc1. The number of rotatable bonds is 4. The molecule has 17 heavy (non-hydrogen) atoms. The number of halogens is 2. The summed E-state index contributed by atoms with van der Waals surface area (Å²) in [4.78, 5) is 11.7. The van der Waals surface area contributed by atoms with Crippen LogP contribution in [0.3, 0.4) is 0 Å². The molecule has 0 heterocycles. The molecule has 2 unspecified atom stereocenters. The highest BCUT2D eigenvalue weighted by Crippen LogP contribution is 2.63. The number of carbonyl (C=O) groups excluding carboxylic acids is 1. The maximum atomic E-state index is 12.5. The lowest BCUT2D eigenvalue weighted by molar-refractivity contribution is -0.143. The zero-order valence-corrected chi connectivity index (χ0v) is 11.9. The van der Waals surface area contributed by atoms with Crippen LogP contribution < -0.4 is 5.30 Å². The van der Waals surface area contributed by atoms with Crippen LogP contribution in [0.25, 0.3) is 0 Å². The van der Waals surface area contributed by atoms with Crippen LogP contribution in [0.1, 0.15) is 13.8 Å². The Hall–Kier alpha value is -0.500. The molecule has 0 aliphatic rings. The molecule has 0 amide bonds. The highest BCUT2D eigenvalue weighted by molar-refractivity contribution is 7.97.